The van der Waals surface area contributed by atoms with Crippen LogP contribution in [0.4, 0.5) is 0 Å². The maximum atomic E-state index is 10.8. The van der Waals surface area contributed by atoms with E-state index < -0.39 is 11.9 Å². The highest BCUT2D eigenvalue weighted by molar-refractivity contribution is 5.91. The first-order chi connectivity index (χ1) is 9.62. The van der Waals surface area contributed by atoms with E-state index in [0.29, 0.717) is 0 Å². The summed E-state index contributed by atoms with van der Waals surface area (Å²) < 4.78 is 9.15. The molecule has 0 aliphatic carbocycles. The van der Waals surface area contributed by atoms with Crippen LogP contribution in [0.1, 0.15) is 39.5 Å². The number of carbonyl (C=O) groups excluding carboxylic acids is 2. The fourth-order valence-corrected chi connectivity index (χ4v) is 1.01. The van der Waals surface area contributed by atoms with E-state index in [1.54, 1.807) is 0 Å². The van der Waals surface area contributed by atoms with Crippen LogP contribution < -0.4 is 0 Å². The molecule has 0 saturated carbocycles. The van der Waals surface area contributed by atoms with Gasteiger partial charge in [-0.2, -0.15) is 0 Å². The molecular formula is C16H26O4. The first-order valence-corrected chi connectivity index (χ1v) is 6.85. The van der Waals surface area contributed by atoms with E-state index in [0.717, 1.165) is 12.2 Å². The fraction of sp³-hybridized carbons (Fsp3) is 0.500. The van der Waals surface area contributed by atoms with Crippen LogP contribution in [0.15, 0.2) is 37.5 Å². The summed E-state index contributed by atoms with van der Waals surface area (Å²) in [4.78, 5) is 21.6. The van der Waals surface area contributed by atoms with Crippen molar-refractivity contribution in [1.29, 1.82) is 0 Å². The van der Waals surface area contributed by atoms with Crippen molar-refractivity contribution in [3.63, 3.8) is 0 Å². The molecular weight excluding hydrogens is 256 g/mol. The minimum atomic E-state index is -0.611. The maximum Gasteiger partial charge on any atom is 0.331 e. The summed E-state index contributed by atoms with van der Waals surface area (Å²) in [5, 5.41) is 0. The standard InChI is InChI=1S/C10H12O4.C6H14/c1-3-7-13-9(11)5-6-10(12)14-8-4-2;1-3-5-6-4-2/h3-6H,1-2,7-8H2;3-6H2,1-2H3/b6-5+;. The van der Waals surface area contributed by atoms with E-state index in [1.807, 2.05) is 0 Å². The average Bonchev–Trinajstić information content (AvgIpc) is 2.47. The zero-order valence-electron chi connectivity index (χ0n) is 12.6. The van der Waals surface area contributed by atoms with Gasteiger partial charge in [-0.3, -0.25) is 0 Å². The highest BCUT2D eigenvalue weighted by Gasteiger charge is 1.98. The minimum absolute atomic E-state index is 0.116. The molecule has 0 saturated heterocycles. The van der Waals surface area contributed by atoms with Crippen LogP contribution in [0.2, 0.25) is 0 Å². The van der Waals surface area contributed by atoms with Crippen molar-refractivity contribution in [2.45, 2.75) is 39.5 Å². The second-order valence-corrected chi connectivity index (χ2v) is 3.88. The molecule has 0 aliphatic rings. The topological polar surface area (TPSA) is 52.6 Å². The lowest BCUT2D eigenvalue weighted by Gasteiger charge is -1.96. The zero-order valence-corrected chi connectivity index (χ0v) is 12.6. The summed E-state index contributed by atoms with van der Waals surface area (Å²) in [6.07, 6.45) is 10.4. The van der Waals surface area contributed by atoms with Gasteiger partial charge in [0.25, 0.3) is 0 Å². The molecule has 0 atom stereocenters. The summed E-state index contributed by atoms with van der Waals surface area (Å²) >= 11 is 0. The third kappa shape index (κ3) is 18.5. The third-order valence-electron chi connectivity index (χ3n) is 2.00. The van der Waals surface area contributed by atoms with Crippen molar-refractivity contribution >= 4 is 11.9 Å². The van der Waals surface area contributed by atoms with Gasteiger partial charge in [-0.15, -0.1) is 0 Å². The normalized spacial score (nSPS) is 9.30. The molecule has 20 heavy (non-hydrogen) atoms. The Hall–Kier alpha value is -1.84. The zero-order chi connectivity index (χ0) is 15.6. The van der Waals surface area contributed by atoms with Crippen LogP contribution in [0.25, 0.3) is 0 Å². The molecule has 4 nitrogen and oxygen atoms in total. The number of esters is 2. The highest BCUT2D eigenvalue weighted by Crippen LogP contribution is 1.95. The molecule has 0 aliphatic heterocycles. The number of rotatable bonds is 9. The van der Waals surface area contributed by atoms with Gasteiger partial charge in [0.1, 0.15) is 13.2 Å². The van der Waals surface area contributed by atoms with Gasteiger partial charge in [-0.05, 0) is 0 Å². The molecule has 0 bridgehead atoms. The Balaban J connectivity index is 0. The first kappa shape index (κ1) is 20.5. The van der Waals surface area contributed by atoms with Crippen molar-refractivity contribution in [3.8, 4) is 0 Å². The number of hydrogen-bond acceptors (Lipinski definition) is 4. The number of unbranched alkanes of at least 4 members (excludes halogenated alkanes) is 3. The van der Waals surface area contributed by atoms with Gasteiger partial charge in [0.2, 0.25) is 0 Å². The Morgan fingerprint density at radius 1 is 0.850 bits per heavy atom. The van der Waals surface area contributed by atoms with E-state index in [2.05, 4.69) is 36.5 Å². The molecule has 4 heteroatoms. The molecule has 0 N–H and O–H groups in total. The lowest BCUT2D eigenvalue weighted by Crippen LogP contribution is -2.04. The second kappa shape index (κ2) is 17.2. The molecule has 0 unspecified atom stereocenters. The Morgan fingerprint density at radius 2 is 1.20 bits per heavy atom. The Morgan fingerprint density at radius 3 is 1.45 bits per heavy atom. The van der Waals surface area contributed by atoms with Gasteiger partial charge in [0, 0.05) is 12.2 Å². The molecule has 0 spiro atoms. The molecule has 114 valence electrons. The summed E-state index contributed by atoms with van der Waals surface area (Å²) in [5.74, 6) is -1.22. The monoisotopic (exact) mass is 282 g/mol. The Kier molecular flexibility index (Phi) is 17.6. The SMILES string of the molecule is C=CCOC(=O)/C=C/C(=O)OCC=C.CCCCCC. The number of hydrogen-bond donors (Lipinski definition) is 0. The summed E-state index contributed by atoms with van der Waals surface area (Å²) in [6.45, 7) is 11.4. The van der Waals surface area contributed by atoms with Gasteiger partial charge in [-0.25, -0.2) is 9.59 Å². The van der Waals surface area contributed by atoms with E-state index in [9.17, 15) is 9.59 Å². The average molecular weight is 282 g/mol. The second-order valence-electron chi connectivity index (χ2n) is 3.88. The lowest BCUT2D eigenvalue weighted by atomic mass is 10.2. The molecule has 0 amide bonds. The van der Waals surface area contributed by atoms with Crippen molar-refractivity contribution in [2.75, 3.05) is 13.2 Å². The van der Waals surface area contributed by atoms with Crippen LogP contribution in [0, 0.1) is 0 Å². The third-order valence-corrected chi connectivity index (χ3v) is 2.00. The van der Waals surface area contributed by atoms with Crippen molar-refractivity contribution in [1.82, 2.24) is 0 Å². The number of carbonyl (C=O) groups is 2. The highest BCUT2D eigenvalue weighted by atomic mass is 16.5. The first-order valence-electron chi connectivity index (χ1n) is 6.85. The molecule has 0 fully saturated rings. The Labute approximate surface area is 122 Å². The van der Waals surface area contributed by atoms with Gasteiger partial charge in [0.15, 0.2) is 0 Å². The lowest BCUT2D eigenvalue weighted by molar-refractivity contribution is -0.139. The predicted molar refractivity (Wildman–Crippen MR) is 81.3 cm³/mol. The van der Waals surface area contributed by atoms with E-state index in [-0.39, 0.29) is 13.2 Å². The molecule has 0 aromatic carbocycles. The van der Waals surface area contributed by atoms with Crippen LogP contribution >= 0.6 is 0 Å². The molecule has 0 aromatic heterocycles. The van der Waals surface area contributed by atoms with Crippen LogP contribution in [-0.4, -0.2) is 25.2 Å². The summed E-state index contributed by atoms with van der Waals surface area (Å²) in [7, 11) is 0. The van der Waals surface area contributed by atoms with Crippen molar-refractivity contribution in [3.05, 3.63) is 37.5 Å². The predicted octanol–water partition coefficient (Wildman–Crippen LogP) is 3.59. The molecule has 0 aromatic rings. The minimum Gasteiger partial charge on any atom is -0.458 e. The smallest absolute Gasteiger partial charge is 0.331 e. The van der Waals surface area contributed by atoms with Crippen molar-refractivity contribution < 1.29 is 19.1 Å². The van der Waals surface area contributed by atoms with Crippen LogP contribution in [0.3, 0.4) is 0 Å². The maximum absolute atomic E-state index is 10.8. The van der Waals surface area contributed by atoms with Crippen molar-refractivity contribution in [2.24, 2.45) is 0 Å². The Bertz CT molecular complexity index is 276. The largest absolute Gasteiger partial charge is 0.458 e. The van der Waals surface area contributed by atoms with E-state index in [4.69, 9.17) is 0 Å². The van der Waals surface area contributed by atoms with E-state index in [1.165, 1.54) is 37.8 Å². The number of ether oxygens (including phenoxy) is 2. The fourth-order valence-electron chi connectivity index (χ4n) is 1.01. The summed E-state index contributed by atoms with van der Waals surface area (Å²) in [6, 6.07) is 0. The quantitative estimate of drug-likeness (QED) is 0.281. The molecule has 0 radical (unpaired) electrons. The molecule has 0 heterocycles. The summed E-state index contributed by atoms with van der Waals surface area (Å²) in [5.41, 5.74) is 0. The van der Waals surface area contributed by atoms with E-state index >= 15 is 0 Å². The van der Waals surface area contributed by atoms with Crippen LogP contribution in [-0.2, 0) is 19.1 Å². The van der Waals surface area contributed by atoms with Gasteiger partial charge in [-0.1, -0.05) is 64.8 Å². The molecule has 0 rings (SSSR count). The van der Waals surface area contributed by atoms with Gasteiger partial charge >= 0.3 is 11.9 Å². The van der Waals surface area contributed by atoms with Gasteiger partial charge in [0.05, 0.1) is 0 Å². The van der Waals surface area contributed by atoms with Gasteiger partial charge < -0.3 is 9.47 Å². The van der Waals surface area contributed by atoms with Crippen LogP contribution in [0.5, 0.6) is 0 Å².